The van der Waals surface area contributed by atoms with Gasteiger partial charge >= 0.3 is 12.1 Å². The Morgan fingerprint density at radius 2 is 1.52 bits per heavy atom. The first-order valence-corrected chi connectivity index (χ1v) is 13.2. The highest BCUT2D eigenvalue weighted by atomic mass is 19.4. The highest BCUT2D eigenvalue weighted by molar-refractivity contribution is 5.90. The Morgan fingerprint density at radius 1 is 0.925 bits per heavy atom. The number of likely N-dealkylation sites (tertiary alicyclic amines) is 1. The van der Waals surface area contributed by atoms with Gasteiger partial charge in [-0.25, -0.2) is 0 Å². The molecule has 1 saturated heterocycles. The molecule has 1 heterocycles. The molecule has 0 aliphatic carbocycles. The number of nitrogens with two attached hydrogens (primary N) is 1. The first kappa shape index (κ1) is 28.8. The molecular weight excluding hydrogens is 517 g/mol. The van der Waals surface area contributed by atoms with Crippen molar-refractivity contribution in [3.63, 3.8) is 0 Å². The molecule has 0 spiro atoms. The smallest absolute Gasteiger partial charge is 0.341 e. The molecule has 9 heteroatoms. The second-order valence-electron chi connectivity index (χ2n) is 9.94. The largest absolute Gasteiger partial charge is 0.471 e. The number of carbonyl (C=O) groups excluding carboxylic acids is 2. The molecule has 40 heavy (non-hydrogen) atoms. The molecule has 3 aromatic carbocycles. The molecule has 6 nitrogen and oxygen atoms in total. The Morgan fingerprint density at radius 3 is 2.10 bits per heavy atom. The molecule has 0 aromatic heterocycles. The van der Waals surface area contributed by atoms with Crippen LogP contribution >= 0.6 is 0 Å². The van der Waals surface area contributed by atoms with E-state index in [2.05, 4.69) is 0 Å². The SMILES string of the molecule is N#Cc1ccc(CC(C(=O)N2CCCC2)N(CCC(N)c2ccc(-c3ccccc3)cc2)C(=O)C(F)(F)F)cc1. The summed E-state index contributed by atoms with van der Waals surface area (Å²) >= 11 is 0. The fourth-order valence-electron chi connectivity index (χ4n) is 4.98. The van der Waals surface area contributed by atoms with E-state index in [1.54, 1.807) is 12.1 Å². The van der Waals surface area contributed by atoms with Gasteiger partial charge in [-0.05, 0) is 53.6 Å². The van der Waals surface area contributed by atoms with Crippen LogP contribution in [0.3, 0.4) is 0 Å². The van der Waals surface area contributed by atoms with Crippen molar-refractivity contribution in [1.82, 2.24) is 9.80 Å². The summed E-state index contributed by atoms with van der Waals surface area (Å²) < 4.78 is 41.4. The minimum absolute atomic E-state index is 0.0314. The van der Waals surface area contributed by atoms with Crippen LogP contribution < -0.4 is 5.73 Å². The first-order valence-electron chi connectivity index (χ1n) is 13.2. The molecule has 2 atom stereocenters. The predicted octanol–water partition coefficient (Wildman–Crippen LogP) is 5.24. The van der Waals surface area contributed by atoms with Gasteiger partial charge < -0.3 is 15.5 Å². The molecule has 1 aliphatic heterocycles. The molecule has 2 N–H and O–H groups in total. The maximum absolute atomic E-state index is 13.8. The maximum atomic E-state index is 13.8. The van der Waals surface area contributed by atoms with E-state index in [-0.39, 0.29) is 19.4 Å². The van der Waals surface area contributed by atoms with Gasteiger partial charge in [0.25, 0.3) is 0 Å². The third kappa shape index (κ3) is 7.07. The van der Waals surface area contributed by atoms with Gasteiger partial charge in [-0.1, -0.05) is 66.7 Å². The summed E-state index contributed by atoms with van der Waals surface area (Å²) in [5.41, 5.74) is 10.0. The zero-order valence-corrected chi connectivity index (χ0v) is 22.0. The van der Waals surface area contributed by atoms with Crippen LogP contribution in [0.1, 0.15) is 42.0 Å². The second-order valence-corrected chi connectivity index (χ2v) is 9.94. The van der Waals surface area contributed by atoms with Crippen LogP contribution in [0, 0.1) is 11.3 Å². The highest BCUT2D eigenvalue weighted by Crippen LogP contribution is 2.27. The van der Waals surface area contributed by atoms with Gasteiger partial charge in [-0.2, -0.15) is 18.4 Å². The van der Waals surface area contributed by atoms with Crippen LogP contribution in [0.25, 0.3) is 11.1 Å². The molecular formula is C31H31F3N4O2. The summed E-state index contributed by atoms with van der Waals surface area (Å²) in [7, 11) is 0. The molecule has 0 saturated carbocycles. The van der Waals surface area contributed by atoms with Crippen molar-refractivity contribution < 1.29 is 22.8 Å². The summed E-state index contributed by atoms with van der Waals surface area (Å²) in [6.07, 6.45) is -3.72. The molecule has 4 rings (SSSR count). The Bertz CT molecular complexity index is 1330. The van der Waals surface area contributed by atoms with Crippen molar-refractivity contribution in [2.75, 3.05) is 19.6 Å². The average molecular weight is 549 g/mol. The summed E-state index contributed by atoms with van der Waals surface area (Å²) in [5, 5.41) is 9.08. The number of nitrogens with zero attached hydrogens (tertiary/aromatic N) is 3. The lowest BCUT2D eigenvalue weighted by Gasteiger charge is -2.34. The molecule has 0 radical (unpaired) electrons. The zero-order chi connectivity index (χ0) is 28.7. The molecule has 2 amide bonds. The topological polar surface area (TPSA) is 90.4 Å². The van der Waals surface area contributed by atoms with Gasteiger partial charge in [0.15, 0.2) is 0 Å². The van der Waals surface area contributed by atoms with E-state index in [0.29, 0.717) is 34.7 Å². The third-order valence-electron chi connectivity index (χ3n) is 7.22. The maximum Gasteiger partial charge on any atom is 0.471 e. The van der Waals surface area contributed by atoms with Crippen LogP contribution in [0.2, 0.25) is 0 Å². The monoisotopic (exact) mass is 548 g/mol. The molecule has 1 fully saturated rings. The fraction of sp³-hybridized carbons (Fsp3) is 0.323. The average Bonchev–Trinajstić information content (AvgIpc) is 3.52. The minimum atomic E-state index is -5.16. The van der Waals surface area contributed by atoms with Gasteiger partial charge in [0.05, 0.1) is 11.6 Å². The summed E-state index contributed by atoms with van der Waals surface area (Å²) in [5.74, 6) is -2.58. The van der Waals surface area contributed by atoms with E-state index in [1.165, 1.54) is 17.0 Å². The van der Waals surface area contributed by atoms with Crippen molar-refractivity contribution >= 4 is 11.8 Å². The quantitative estimate of drug-likeness (QED) is 0.396. The van der Waals surface area contributed by atoms with Crippen molar-refractivity contribution in [1.29, 1.82) is 5.26 Å². The third-order valence-corrected chi connectivity index (χ3v) is 7.22. The van der Waals surface area contributed by atoms with Crippen LogP contribution in [0.4, 0.5) is 13.2 Å². The van der Waals surface area contributed by atoms with E-state index in [0.717, 1.165) is 24.0 Å². The summed E-state index contributed by atoms with van der Waals surface area (Å²) in [4.78, 5) is 28.4. The molecule has 2 unspecified atom stereocenters. The van der Waals surface area contributed by atoms with Crippen LogP contribution in [-0.2, 0) is 16.0 Å². The fourth-order valence-corrected chi connectivity index (χ4v) is 4.98. The Kier molecular flexibility index (Phi) is 9.22. The Balaban J connectivity index is 1.57. The number of rotatable bonds is 9. The second kappa shape index (κ2) is 12.8. The summed E-state index contributed by atoms with van der Waals surface area (Å²) in [6, 6.07) is 23.4. The standard InChI is InChI=1S/C31H31F3N4O2/c32-31(33,34)30(40)38(19-16-27(36)26-14-12-25(13-15-26)24-6-2-1-3-7-24)28(29(39)37-17-4-5-18-37)20-22-8-10-23(21-35)11-9-22/h1-3,6-15,27-28H,4-5,16-20,36H2. The van der Waals surface area contributed by atoms with Gasteiger partial charge in [-0.15, -0.1) is 0 Å². The molecule has 3 aromatic rings. The number of nitriles is 1. The number of hydrogen-bond acceptors (Lipinski definition) is 4. The van der Waals surface area contributed by atoms with Crippen LogP contribution in [-0.4, -0.2) is 53.5 Å². The van der Waals surface area contributed by atoms with Crippen LogP contribution in [0.5, 0.6) is 0 Å². The zero-order valence-electron chi connectivity index (χ0n) is 22.0. The van der Waals surface area contributed by atoms with Gasteiger partial charge in [0.1, 0.15) is 6.04 Å². The lowest BCUT2D eigenvalue weighted by molar-refractivity contribution is -0.189. The number of alkyl halides is 3. The number of halogens is 3. The Labute approximate surface area is 231 Å². The number of hydrogen-bond donors (Lipinski definition) is 1. The predicted molar refractivity (Wildman–Crippen MR) is 146 cm³/mol. The van der Waals surface area contributed by atoms with Crippen molar-refractivity contribution in [2.45, 2.75) is 43.9 Å². The van der Waals surface area contributed by atoms with Crippen molar-refractivity contribution in [3.8, 4) is 17.2 Å². The van der Waals surface area contributed by atoms with E-state index < -0.39 is 30.1 Å². The van der Waals surface area contributed by atoms with E-state index in [1.807, 2.05) is 60.7 Å². The molecule has 0 bridgehead atoms. The molecule has 208 valence electrons. The van der Waals surface area contributed by atoms with E-state index in [4.69, 9.17) is 11.0 Å². The van der Waals surface area contributed by atoms with E-state index in [9.17, 15) is 22.8 Å². The minimum Gasteiger partial charge on any atom is -0.341 e. The normalized spacial score (nSPS) is 14.8. The summed E-state index contributed by atoms with van der Waals surface area (Å²) in [6.45, 7) is 0.522. The number of benzene rings is 3. The van der Waals surface area contributed by atoms with Crippen molar-refractivity contribution in [2.24, 2.45) is 5.73 Å². The number of carbonyl (C=O) groups is 2. The first-order chi connectivity index (χ1) is 19.2. The van der Waals surface area contributed by atoms with E-state index >= 15 is 0 Å². The van der Waals surface area contributed by atoms with Gasteiger partial charge in [0, 0.05) is 32.1 Å². The van der Waals surface area contributed by atoms with Gasteiger partial charge in [-0.3, -0.25) is 9.59 Å². The Hall–Kier alpha value is -4.16. The van der Waals surface area contributed by atoms with Crippen molar-refractivity contribution in [3.05, 3.63) is 95.6 Å². The lowest BCUT2D eigenvalue weighted by Crippen LogP contribution is -2.55. The van der Waals surface area contributed by atoms with Crippen LogP contribution in [0.15, 0.2) is 78.9 Å². The highest BCUT2D eigenvalue weighted by Gasteiger charge is 2.47. The lowest BCUT2D eigenvalue weighted by atomic mass is 9.98. The molecule has 1 aliphatic rings. The number of amides is 2. The van der Waals surface area contributed by atoms with Gasteiger partial charge in [0.2, 0.25) is 5.91 Å².